The Morgan fingerprint density at radius 3 is 2.71 bits per heavy atom. The molecule has 0 aromatic carbocycles. The van der Waals surface area contributed by atoms with Crippen LogP contribution in [-0.2, 0) is 27.3 Å². The van der Waals surface area contributed by atoms with Crippen molar-refractivity contribution in [2.24, 2.45) is 0 Å². The minimum Gasteiger partial charge on any atom is -0.464 e. The van der Waals surface area contributed by atoms with E-state index in [1.54, 1.807) is 0 Å². The molecule has 21 heavy (non-hydrogen) atoms. The standard InChI is InChI=1S/C13H18N4O4/c1-3-5-9-12(13(20)21-2)14-15-17(9)8-11(19)16-7-4-6-10(16)18/h3-8H2,1-2H3. The number of nitrogens with zero attached hydrogens (tertiary/aromatic N) is 4. The van der Waals surface area contributed by atoms with E-state index in [-0.39, 0.29) is 24.1 Å². The first-order valence-corrected chi connectivity index (χ1v) is 6.92. The smallest absolute Gasteiger partial charge is 0.360 e. The van der Waals surface area contributed by atoms with E-state index in [1.807, 2.05) is 6.92 Å². The molecule has 1 aromatic heterocycles. The molecule has 1 saturated heterocycles. The van der Waals surface area contributed by atoms with Crippen LogP contribution >= 0.6 is 0 Å². The Bertz CT molecular complexity index is 567. The Kier molecular flexibility index (Phi) is 4.66. The highest BCUT2D eigenvalue weighted by Crippen LogP contribution is 2.13. The van der Waals surface area contributed by atoms with E-state index in [0.29, 0.717) is 31.5 Å². The zero-order valence-corrected chi connectivity index (χ0v) is 12.2. The van der Waals surface area contributed by atoms with Crippen molar-refractivity contribution >= 4 is 17.8 Å². The molecule has 114 valence electrons. The van der Waals surface area contributed by atoms with Gasteiger partial charge in [-0.05, 0) is 12.8 Å². The monoisotopic (exact) mass is 294 g/mol. The summed E-state index contributed by atoms with van der Waals surface area (Å²) in [7, 11) is 1.27. The highest BCUT2D eigenvalue weighted by molar-refractivity contribution is 5.96. The fourth-order valence-electron chi connectivity index (χ4n) is 2.32. The van der Waals surface area contributed by atoms with Crippen LogP contribution in [0.1, 0.15) is 42.4 Å². The van der Waals surface area contributed by atoms with Gasteiger partial charge in [-0.15, -0.1) is 5.10 Å². The average Bonchev–Trinajstić information content (AvgIpc) is 3.06. The van der Waals surface area contributed by atoms with E-state index >= 15 is 0 Å². The molecule has 0 atom stereocenters. The second-order valence-corrected chi connectivity index (χ2v) is 4.83. The maximum absolute atomic E-state index is 12.1. The summed E-state index contributed by atoms with van der Waals surface area (Å²) in [4.78, 5) is 36.6. The van der Waals surface area contributed by atoms with Crippen LogP contribution in [-0.4, -0.2) is 51.3 Å². The van der Waals surface area contributed by atoms with Crippen LogP contribution in [0.4, 0.5) is 0 Å². The molecule has 2 heterocycles. The molecule has 0 bridgehead atoms. The molecule has 1 aliphatic heterocycles. The van der Waals surface area contributed by atoms with E-state index in [1.165, 1.54) is 16.7 Å². The third-order valence-electron chi connectivity index (χ3n) is 3.36. The Balaban J connectivity index is 2.19. The molecule has 0 spiro atoms. The molecule has 2 rings (SSSR count). The summed E-state index contributed by atoms with van der Waals surface area (Å²) in [6.07, 6.45) is 2.42. The number of rotatable bonds is 5. The molecule has 0 N–H and O–H groups in total. The highest BCUT2D eigenvalue weighted by atomic mass is 16.5. The molecule has 0 radical (unpaired) electrons. The van der Waals surface area contributed by atoms with Gasteiger partial charge in [0.25, 0.3) is 5.91 Å². The minimum absolute atomic E-state index is 0.0922. The van der Waals surface area contributed by atoms with Crippen molar-refractivity contribution < 1.29 is 19.1 Å². The number of hydrogen-bond donors (Lipinski definition) is 0. The van der Waals surface area contributed by atoms with Gasteiger partial charge in [0.05, 0.1) is 12.8 Å². The number of carbonyl (C=O) groups excluding carboxylic acids is 3. The van der Waals surface area contributed by atoms with Crippen molar-refractivity contribution in [3.8, 4) is 0 Å². The lowest BCUT2D eigenvalue weighted by molar-refractivity contribution is -0.142. The van der Waals surface area contributed by atoms with Crippen LogP contribution < -0.4 is 0 Å². The van der Waals surface area contributed by atoms with Gasteiger partial charge in [-0.3, -0.25) is 14.5 Å². The van der Waals surface area contributed by atoms with Crippen LogP contribution in [0.5, 0.6) is 0 Å². The topological polar surface area (TPSA) is 94.4 Å². The summed E-state index contributed by atoms with van der Waals surface area (Å²) < 4.78 is 6.03. The van der Waals surface area contributed by atoms with Gasteiger partial charge in [-0.2, -0.15) is 0 Å². The number of esters is 1. The number of aromatic nitrogens is 3. The number of amides is 2. The summed E-state index contributed by atoms with van der Waals surface area (Å²) in [5.41, 5.74) is 0.684. The first-order chi connectivity index (χ1) is 10.1. The van der Waals surface area contributed by atoms with Crippen molar-refractivity contribution in [2.75, 3.05) is 13.7 Å². The molecular weight excluding hydrogens is 276 g/mol. The van der Waals surface area contributed by atoms with E-state index < -0.39 is 5.97 Å². The summed E-state index contributed by atoms with van der Waals surface area (Å²) in [5.74, 6) is -1.06. The zero-order valence-electron chi connectivity index (χ0n) is 12.2. The Morgan fingerprint density at radius 1 is 1.38 bits per heavy atom. The summed E-state index contributed by atoms with van der Waals surface area (Å²) in [6, 6.07) is 0. The molecule has 8 heteroatoms. The predicted octanol–water partition coefficient (Wildman–Crippen LogP) is 0.166. The van der Waals surface area contributed by atoms with Gasteiger partial charge in [0.1, 0.15) is 6.54 Å². The SMILES string of the molecule is CCCc1c(C(=O)OC)nnn1CC(=O)N1CCCC1=O. The molecule has 0 unspecified atom stereocenters. The van der Waals surface area contributed by atoms with Crippen molar-refractivity contribution in [3.05, 3.63) is 11.4 Å². The lowest BCUT2D eigenvalue weighted by Gasteiger charge is -2.14. The second kappa shape index (κ2) is 6.47. The summed E-state index contributed by atoms with van der Waals surface area (Å²) >= 11 is 0. The lowest BCUT2D eigenvalue weighted by atomic mass is 10.2. The Morgan fingerprint density at radius 2 is 2.14 bits per heavy atom. The van der Waals surface area contributed by atoms with Crippen molar-refractivity contribution in [1.82, 2.24) is 19.9 Å². The van der Waals surface area contributed by atoms with Gasteiger partial charge in [0, 0.05) is 13.0 Å². The van der Waals surface area contributed by atoms with Gasteiger partial charge >= 0.3 is 5.97 Å². The van der Waals surface area contributed by atoms with Crippen LogP contribution in [0.25, 0.3) is 0 Å². The second-order valence-electron chi connectivity index (χ2n) is 4.83. The van der Waals surface area contributed by atoms with Crippen molar-refractivity contribution in [1.29, 1.82) is 0 Å². The lowest BCUT2D eigenvalue weighted by Crippen LogP contribution is -2.35. The Labute approximate surface area is 122 Å². The fraction of sp³-hybridized carbons (Fsp3) is 0.615. The largest absolute Gasteiger partial charge is 0.464 e. The van der Waals surface area contributed by atoms with Crippen molar-refractivity contribution in [2.45, 2.75) is 39.2 Å². The van der Waals surface area contributed by atoms with Gasteiger partial charge in [-0.25, -0.2) is 9.48 Å². The number of imide groups is 1. The third kappa shape index (κ3) is 3.09. The van der Waals surface area contributed by atoms with Gasteiger partial charge in [0.15, 0.2) is 5.69 Å². The number of methoxy groups -OCH3 is 1. The fourth-order valence-corrected chi connectivity index (χ4v) is 2.32. The number of likely N-dealkylation sites (tertiary alicyclic amines) is 1. The molecule has 8 nitrogen and oxygen atoms in total. The van der Waals surface area contributed by atoms with E-state index in [9.17, 15) is 14.4 Å². The van der Waals surface area contributed by atoms with Crippen LogP contribution in [0.3, 0.4) is 0 Å². The maximum Gasteiger partial charge on any atom is 0.360 e. The molecule has 2 amide bonds. The zero-order chi connectivity index (χ0) is 15.4. The van der Waals surface area contributed by atoms with Crippen LogP contribution in [0, 0.1) is 0 Å². The molecule has 1 aromatic rings. The Hall–Kier alpha value is -2.25. The average molecular weight is 294 g/mol. The van der Waals surface area contributed by atoms with Gasteiger partial charge in [0.2, 0.25) is 5.91 Å². The predicted molar refractivity (Wildman–Crippen MR) is 71.3 cm³/mol. The van der Waals surface area contributed by atoms with Crippen molar-refractivity contribution in [3.63, 3.8) is 0 Å². The van der Waals surface area contributed by atoms with E-state index in [4.69, 9.17) is 0 Å². The normalized spacial score (nSPS) is 14.6. The first-order valence-electron chi connectivity index (χ1n) is 6.92. The minimum atomic E-state index is -0.575. The van der Waals surface area contributed by atoms with E-state index in [2.05, 4.69) is 15.0 Å². The molecule has 1 aliphatic rings. The first kappa shape index (κ1) is 15.1. The molecule has 1 fully saturated rings. The highest BCUT2D eigenvalue weighted by Gasteiger charge is 2.28. The third-order valence-corrected chi connectivity index (χ3v) is 3.36. The van der Waals surface area contributed by atoms with Gasteiger partial charge in [-0.1, -0.05) is 18.6 Å². The quantitative estimate of drug-likeness (QED) is 0.718. The van der Waals surface area contributed by atoms with Crippen LogP contribution in [0.2, 0.25) is 0 Å². The molecule has 0 saturated carbocycles. The molecule has 0 aliphatic carbocycles. The van der Waals surface area contributed by atoms with Gasteiger partial charge < -0.3 is 4.74 Å². The van der Waals surface area contributed by atoms with E-state index in [0.717, 1.165) is 6.42 Å². The van der Waals surface area contributed by atoms with Crippen LogP contribution in [0.15, 0.2) is 0 Å². The number of hydrogen-bond acceptors (Lipinski definition) is 6. The molecular formula is C13H18N4O4. The summed E-state index contributed by atoms with van der Waals surface area (Å²) in [5, 5.41) is 7.63. The number of ether oxygens (including phenoxy) is 1. The number of carbonyl (C=O) groups is 3. The summed E-state index contributed by atoms with van der Waals surface area (Å²) in [6.45, 7) is 2.30. The maximum atomic E-state index is 12.1.